The molecule has 7 aromatic carbocycles. The van der Waals surface area contributed by atoms with Gasteiger partial charge in [0.15, 0.2) is 17.5 Å². The lowest BCUT2D eigenvalue weighted by Crippen LogP contribution is -2.33. The SMILES string of the molecule is c1ccc(-c2nc(-c3cccc(-c4ccccn4)c3)nc(-c3ccc4c(c3)C3(c5ccccc5-4)c4ccccc4-n4c5ccccc5c5cccc3c54)n2)cc1. The Balaban J connectivity index is 1.13. The van der Waals surface area contributed by atoms with Crippen molar-refractivity contribution in [2.24, 2.45) is 0 Å². The minimum atomic E-state index is -0.572. The molecule has 2 aliphatic rings. The minimum Gasteiger partial charge on any atom is -0.309 e. The van der Waals surface area contributed by atoms with Gasteiger partial charge in [-0.15, -0.1) is 0 Å². The van der Waals surface area contributed by atoms with Crippen molar-refractivity contribution in [2.75, 3.05) is 0 Å². The minimum absolute atomic E-state index is 0.572. The maximum Gasteiger partial charge on any atom is 0.164 e. The Morgan fingerprint density at radius 3 is 1.88 bits per heavy atom. The lowest BCUT2D eigenvalue weighted by molar-refractivity contribution is 0.748. The summed E-state index contributed by atoms with van der Waals surface area (Å²) < 4.78 is 2.48. The number of hydrogen-bond acceptors (Lipinski definition) is 4. The van der Waals surface area contributed by atoms with E-state index in [0.717, 1.165) is 27.9 Å². The zero-order valence-corrected chi connectivity index (χ0v) is 30.1. The van der Waals surface area contributed by atoms with Crippen LogP contribution in [0.3, 0.4) is 0 Å². The molecule has 3 aromatic heterocycles. The van der Waals surface area contributed by atoms with E-state index in [2.05, 4.69) is 149 Å². The first-order chi connectivity index (χ1) is 27.8. The third-order valence-electron chi connectivity index (χ3n) is 11.7. The van der Waals surface area contributed by atoms with Crippen molar-refractivity contribution < 1.29 is 0 Å². The van der Waals surface area contributed by atoms with Crippen LogP contribution in [0.2, 0.25) is 0 Å². The summed E-state index contributed by atoms with van der Waals surface area (Å²) in [6.07, 6.45) is 1.82. The summed E-state index contributed by atoms with van der Waals surface area (Å²) in [5.74, 6) is 1.87. The summed E-state index contributed by atoms with van der Waals surface area (Å²) in [5.41, 5.74) is 15.3. The van der Waals surface area contributed by atoms with E-state index in [1.54, 1.807) is 0 Å². The molecule has 12 rings (SSSR count). The van der Waals surface area contributed by atoms with Crippen LogP contribution in [0.4, 0.5) is 0 Å². The topological polar surface area (TPSA) is 56.5 Å². The molecule has 56 heavy (non-hydrogen) atoms. The Bertz CT molecular complexity index is 3200. The third-order valence-corrected chi connectivity index (χ3v) is 11.7. The molecule has 0 saturated heterocycles. The highest BCUT2D eigenvalue weighted by atomic mass is 15.0. The van der Waals surface area contributed by atoms with E-state index in [1.807, 2.05) is 48.7 Å². The largest absolute Gasteiger partial charge is 0.309 e. The summed E-state index contributed by atoms with van der Waals surface area (Å²) >= 11 is 0. The van der Waals surface area contributed by atoms with Crippen LogP contribution in [0, 0.1) is 0 Å². The molecule has 0 saturated carbocycles. The first kappa shape index (κ1) is 30.9. The van der Waals surface area contributed by atoms with Crippen LogP contribution in [-0.2, 0) is 5.41 Å². The number of benzene rings is 7. The van der Waals surface area contributed by atoms with Gasteiger partial charge in [0.2, 0.25) is 0 Å². The quantitative estimate of drug-likeness (QED) is 0.182. The summed E-state index contributed by atoms with van der Waals surface area (Å²) in [5, 5.41) is 2.52. The number of aromatic nitrogens is 5. The summed E-state index contributed by atoms with van der Waals surface area (Å²) in [6, 6.07) is 64.8. The fourth-order valence-electron chi connectivity index (χ4n) is 9.40. The van der Waals surface area contributed by atoms with Gasteiger partial charge in [0.25, 0.3) is 0 Å². The number of pyridine rings is 1. The number of nitrogens with zero attached hydrogens (tertiary/aromatic N) is 5. The van der Waals surface area contributed by atoms with Gasteiger partial charge in [-0.25, -0.2) is 15.0 Å². The van der Waals surface area contributed by atoms with Crippen molar-refractivity contribution in [1.82, 2.24) is 24.5 Å². The lowest BCUT2D eigenvalue weighted by atomic mass is 9.65. The van der Waals surface area contributed by atoms with Gasteiger partial charge in [0, 0.05) is 39.2 Å². The van der Waals surface area contributed by atoms with Gasteiger partial charge in [0.05, 0.1) is 27.8 Å². The van der Waals surface area contributed by atoms with Gasteiger partial charge < -0.3 is 4.57 Å². The lowest BCUT2D eigenvalue weighted by Gasteiger charge is -2.39. The molecule has 0 fully saturated rings. The second kappa shape index (κ2) is 11.7. The Hall–Kier alpha value is -7.50. The zero-order valence-electron chi connectivity index (χ0n) is 30.1. The Kier molecular flexibility index (Phi) is 6.48. The normalized spacial score (nSPS) is 14.9. The highest BCUT2D eigenvalue weighted by molar-refractivity contribution is 6.12. The van der Waals surface area contributed by atoms with Crippen LogP contribution in [0.5, 0.6) is 0 Å². The highest BCUT2D eigenvalue weighted by Crippen LogP contribution is 2.61. The van der Waals surface area contributed by atoms with E-state index in [1.165, 1.54) is 60.9 Å². The van der Waals surface area contributed by atoms with Crippen LogP contribution < -0.4 is 0 Å². The third kappa shape index (κ3) is 4.25. The van der Waals surface area contributed by atoms with E-state index in [-0.39, 0.29) is 0 Å². The molecule has 5 heteroatoms. The second-order valence-electron chi connectivity index (χ2n) is 14.6. The van der Waals surface area contributed by atoms with E-state index in [9.17, 15) is 0 Å². The molecule has 1 spiro atoms. The maximum absolute atomic E-state index is 5.24. The monoisotopic (exact) mass is 713 g/mol. The summed E-state index contributed by atoms with van der Waals surface area (Å²) in [4.78, 5) is 20.1. The van der Waals surface area contributed by atoms with Gasteiger partial charge in [-0.05, 0) is 69.8 Å². The molecule has 10 aromatic rings. The second-order valence-corrected chi connectivity index (χ2v) is 14.6. The molecule has 1 atom stereocenters. The molecule has 1 unspecified atom stereocenters. The fourth-order valence-corrected chi connectivity index (χ4v) is 9.40. The molecule has 1 aliphatic heterocycles. The average Bonchev–Trinajstić information content (AvgIpc) is 3.77. The molecule has 0 N–H and O–H groups in total. The highest BCUT2D eigenvalue weighted by Gasteiger charge is 2.50. The fraction of sp³-hybridized carbons (Fsp3) is 0.0196. The van der Waals surface area contributed by atoms with Crippen molar-refractivity contribution in [3.63, 3.8) is 0 Å². The number of fused-ring (bicyclic) bond motifs is 12. The van der Waals surface area contributed by atoms with Crippen LogP contribution in [-0.4, -0.2) is 24.5 Å². The molecular formula is C51H31N5. The Morgan fingerprint density at radius 2 is 1.02 bits per heavy atom. The maximum atomic E-state index is 5.24. The molecule has 0 radical (unpaired) electrons. The predicted molar refractivity (Wildman–Crippen MR) is 225 cm³/mol. The van der Waals surface area contributed by atoms with Crippen molar-refractivity contribution in [2.45, 2.75) is 5.41 Å². The molecule has 4 heterocycles. The van der Waals surface area contributed by atoms with Crippen molar-refractivity contribution in [1.29, 1.82) is 0 Å². The van der Waals surface area contributed by atoms with E-state index < -0.39 is 5.41 Å². The van der Waals surface area contributed by atoms with E-state index in [4.69, 9.17) is 15.0 Å². The Morgan fingerprint density at radius 1 is 0.393 bits per heavy atom. The van der Waals surface area contributed by atoms with E-state index >= 15 is 0 Å². The van der Waals surface area contributed by atoms with Crippen LogP contribution in [0.25, 0.3) is 84.0 Å². The molecule has 5 nitrogen and oxygen atoms in total. The molecule has 260 valence electrons. The van der Waals surface area contributed by atoms with Crippen molar-refractivity contribution in [3.05, 3.63) is 210 Å². The van der Waals surface area contributed by atoms with Gasteiger partial charge in [-0.1, -0.05) is 146 Å². The van der Waals surface area contributed by atoms with Crippen LogP contribution in [0.15, 0.2) is 188 Å². The summed E-state index contributed by atoms with van der Waals surface area (Å²) in [7, 11) is 0. The van der Waals surface area contributed by atoms with Crippen molar-refractivity contribution >= 4 is 21.8 Å². The van der Waals surface area contributed by atoms with Crippen LogP contribution >= 0.6 is 0 Å². The van der Waals surface area contributed by atoms with Crippen molar-refractivity contribution in [3.8, 4) is 62.2 Å². The smallest absolute Gasteiger partial charge is 0.164 e. The number of para-hydroxylation sites is 3. The standard InChI is InChI=1S/C51H31N5/c1-2-14-32(15-3-1)48-53-49(34-17-12-16-33(30-34)44-24-10-11-29-52-44)55-50(54-48)35-27-28-37-36-18-4-6-21-40(36)51(43(37)31-35)41-22-7-9-26-46(41)56-45-25-8-5-19-38(45)39-20-13-23-42(51)47(39)56/h1-31H. The average molecular weight is 714 g/mol. The molecular weight excluding hydrogens is 683 g/mol. The number of rotatable bonds is 4. The first-order valence-electron chi connectivity index (χ1n) is 19.0. The molecule has 0 amide bonds. The molecule has 1 aliphatic carbocycles. The van der Waals surface area contributed by atoms with E-state index in [0.29, 0.717) is 17.5 Å². The number of hydrogen-bond donors (Lipinski definition) is 0. The van der Waals surface area contributed by atoms with Gasteiger partial charge in [-0.3, -0.25) is 4.98 Å². The molecule has 0 bridgehead atoms. The Labute approximate surface area is 323 Å². The van der Waals surface area contributed by atoms with Gasteiger partial charge in [0.1, 0.15) is 0 Å². The van der Waals surface area contributed by atoms with Gasteiger partial charge in [-0.2, -0.15) is 0 Å². The van der Waals surface area contributed by atoms with Crippen LogP contribution in [0.1, 0.15) is 22.3 Å². The summed E-state index contributed by atoms with van der Waals surface area (Å²) in [6.45, 7) is 0. The predicted octanol–water partition coefficient (Wildman–Crippen LogP) is 11.7. The zero-order chi connectivity index (χ0) is 36.8. The van der Waals surface area contributed by atoms with Gasteiger partial charge >= 0.3 is 0 Å². The first-order valence-corrected chi connectivity index (χ1v) is 19.0.